The third-order valence-corrected chi connectivity index (χ3v) is 3.45. The molecular formula is C14H10N4O6. The lowest BCUT2D eigenvalue weighted by Crippen LogP contribution is -2.06. The van der Waals surface area contributed by atoms with Crippen molar-refractivity contribution in [2.75, 3.05) is 6.61 Å². The van der Waals surface area contributed by atoms with E-state index in [9.17, 15) is 25.0 Å². The first-order valence-electron chi connectivity index (χ1n) is 6.83. The molecule has 0 aliphatic carbocycles. The number of non-ortho nitro benzene ring substituents is 2. The molecule has 0 aliphatic rings. The number of carbonyl (C=O) groups excluding carboxylic acids is 1. The van der Waals surface area contributed by atoms with E-state index in [1.807, 2.05) is 0 Å². The molecule has 0 fully saturated rings. The first-order valence-corrected chi connectivity index (χ1v) is 6.83. The summed E-state index contributed by atoms with van der Waals surface area (Å²) in [5.41, 5.74) is -0.276. The molecular weight excluding hydrogens is 320 g/mol. The Labute approximate surface area is 133 Å². The molecule has 3 aromatic rings. The standard InChI is InChI=1S/C14H10N4O6/c1-2-24-14(19)10-5-8-9-3-7(17(20)21)4-12(18(22)23)13(9)16-11(8)6-15-10/h3-6,16H,2H2,1H3. The summed E-state index contributed by atoms with van der Waals surface area (Å²) in [7, 11) is 0. The summed E-state index contributed by atoms with van der Waals surface area (Å²) in [6.45, 7) is 1.82. The molecule has 10 nitrogen and oxygen atoms in total. The molecule has 0 bridgehead atoms. The van der Waals surface area contributed by atoms with Gasteiger partial charge in [-0.05, 0) is 13.0 Å². The predicted octanol–water partition coefficient (Wildman–Crippen LogP) is 2.71. The number of aromatic amines is 1. The molecule has 0 unspecified atom stereocenters. The van der Waals surface area contributed by atoms with Crippen LogP contribution in [0.5, 0.6) is 0 Å². The van der Waals surface area contributed by atoms with E-state index in [0.29, 0.717) is 10.9 Å². The van der Waals surface area contributed by atoms with Crippen LogP contribution in [0.2, 0.25) is 0 Å². The van der Waals surface area contributed by atoms with Crippen LogP contribution in [0, 0.1) is 20.2 Å². The van der Waals surface area contributed by atoms with E-state index in [2.05, 4.69) is 9.97 Å². The highest BCUT2D eigenvalue weighted by atomic mass is 16.6. The van der Waals surface area contributed by atoms with E-state index in [-0.39, 0.29) is 23.2 Å². The lowest BCUT2D eigenvalue weighted by Gasteiger charge is -2.00. The first kappa shape index (κ1) is 15.3. The quantitative estimate of drug-likeness (QED) is 0.440. The number of H-pyrrole nitrogens is 1. The second kappa shape index (κ2) is 5.57. The minimum Gasteiger partial charge on any atom is -0.461 e. The van der Waals surface area contributed by atoms with Crippen LogP contribution in [0.3, 0.4) is 0 Å². The summed E-state index contributed by atoms with van der Waals surface area (Å²) in [5.74, 6) is -0.645. The zero-order valence-electron chi connectivity index (χ0n) is 12.3. The molecule has 122 valence electrons. The molecule has 1 aromatic carbocycles. The van der Waals surface area contributed by atoms with Crippen molar-refractivity contribution in [2.45, 2.75) is 6.92 Å². The van der Waals surface area contributed by atoms with E-state index in [4.69, 9.17) is 4.74 Å². The van der Waals surface area contributed by atoms with E-state index in [1.54, 1.807) is 6.92 Å². The van der Waals surface area contributed by atoms with Crippen molar-refractivity contribution in [3.05, 3.63) is 50.3 Å². The fraction of sp³-hybridized carbons (Fsp3) is 0.143. The Morgan fingerprint density at radius 2 is 1.96 bits per heavy atom. The molecule has 2 heterocycles. The third kappa shape index (κ3) is 2.39. The van der Waals surface area contributed by atoms with Gasteiger partial charge in [-0.25, -0.2) is 9.78 Å². The maximum absolute atomic E-state index is 11.8. The largest absolute Gasteiger partial charge is 0.461 e. The summed E-state index contributed by atoms with van der Waals surface area (Å²) in [6, 6.07) is 3.49. The number of benzene rings is 1. The number of hydrogen-bond acceptors (Lipinski definition) is 7. The van der Waals surface area contributed by atoms with Crippen LogP contribution in [-0.2, 0) is 4.74 Å². The van der Waals surface area contributed by atoms with E-state index < -0.39 is 27.2 Å². The van der Waals surface area contributed by atoms with Crippen molar-refractivity contribution in [2.24, 2.45) is 0 Å². The van der Waals surface area contributed by atoms with Gasteiger partial charge in [-0.15, -0.1) is 0 Å². The van der Waals surface area contributed by atoms with Crippen molar-refractivity contribution < 1.29 is 19.4 Å². The maximum atomic E-state index is 11.8. The molecule has 24 heavy (non-hydrogen) atoms. The first-order chi connectivity index (χ1) is 11.4. The van der Waals surface area contributed by atoms with Gasteiger partial charge in [0.2, 0.25) is 0 Å². The summed E-state index contributed by atoms with van der Waals surface area (Å²) < 4.78 is 4.86. The molecule has 0 atom stereocenters. The number of aromatic nitrogens is 2. The lowest BCUT2D eigenvalue weighted by molar-refractivity contribution is -0.393. The zero-order chi connectivity index (χ0) is 17.4. The van der Waals surface area contributed by atoms with Crippen molar-refractivity contribution >= 4 is 39.1 Å². The summed E-state index contributed by atoms with van der Waals surface area (Å²) in [4.78, 5) is 39.4. The Balaban J connectivity index is 2.34. The van der Waals surface area contributed by atoms with Crippen LogP contribution < -0.4 is 0 Å². The van der Waals surface area contributed by atoms with Gasteiger partial charge in [0.15, 0.2) is 0 Å². The van der Waals surface area contributed by atoms with Crippen LogP contribution in [0.25, 0.3) is 21.8 Å². The number of rotatable bonds is 4. The minimum atomic E-state index is -0.710. The number of hydrogen-bond donors (Lipinski definition) is 1. The monoisotopic (exact) mass is 330 g/mol. The van der Waals surface area contributed by atoms with Crippen molar-refractivity contribution in [3.8, 4) is 0 Å². The van der Waals surface area contributed by atoms with Gasteiger partial charge in [-0.2, -0.15) is 0 Å². The van der Waals surface area contributed by atoms with Crippen LogP contribution in [0.1, 0.15) is 17.4 Å². The number of pyridine rings is 1. The van der Waals surface area contributed by atoms with Gasteiger partial charge in [0.1, 0.15) is 11.2 Å². The molecule has 1 N–H and O–H groups in total. The predicted molar refractivity (Wildman–Crippen MR) is 82.9 cm³/mol. The van der Waals surface area contributed by atoms with E-state index in [1.165, 1.54) is 18.3 Å². The Hall–Kier alpha value is -3.56. The summed E-state index contributed by atoms with van der Waals surface area (Å²) in [6.07, 6.45) is 1.33. The lowest BCUT2D eigenvalue weighted by atomic mass is 10.1. The highest BCUT2D eigenvalue weighted by molar-refractivity contribution is 6.12. The normalized spacial score (nSPS) is 10.9. The van der Waals surface area contributed by atoms with Crippen LogP contribution in [-0.4, -0.2) is 32.4 Å². The van der Waals surface area contributed by atoms with Crippen LogP contribution >= 0.6 is 0 Å². The van der Waals surface area contributed by atoms with Gasteiger partial charge >= 0.3 is 5.97 Å². The summed E-state index contributed by atoms with van der Waals surface area (Å²) >= 11 is 0. The van der Waals surface area contributed by atoms with Gasteiger partial charge in [0.05, 0.1) is 34.2 Å². The number of carbonyl (C=O) groups is 1. The topological polar surface area (TPSA) is 141 Å². The Bertz CT molecular complexity index is 1010. The second-order valence-electron chi connectivity index (χ2n) is 4.86. The average molecular weight is 330 g/mol. The molecule has 0 amide bonds. The van der Waals surface area contributed by atoms with Gasteiger partial charge in [-0.1, -0.05) is 0 Å². The van der Waals surface area contributed by atoms with Gasteiger partial charge in [-0.3, -0.25) is 20.2 Å². The third-order valence-electron chi connectivity index (χ3n) is 3.45. The van der Waals surface area contributed by atoms with Crippen molar-refractivity contribution in [1.82, 2.24) is 9.97 Å². The maximum Gasteiger partial charge on any atom is 0.356 e. The minimum absolute atomic E-state index is 0.0133. The van der Waals surface area contributed by atoms with Gasteiger partial charge < -0.3 is 9.72 Å². The Morgan fingerprint density at radius 1 is 1.21 bits per heavy atom. The fourth-order valence-electron chi connectivity index (χ4n) is 2.43. The van der Waals surface area contributed by atoms with Crippen LogP contribution in [0.4, 0.5) is 11.4 Å². The van der Waals surface area contributed by atoms with Crippen molar-refractivity contribution in [1.29, 1.82) is 0 Å². The molecule has 0 radical (unpaired) electrons. The van der Waals surface area contributed by atoms with Crippen LogP contribution in [0.15, 0.2) is 24.4 Å². The van der Waals surface area contributed by atoms with Gasteiger partial charge in [0, 0.05) is 16.8 Å². The number of nitrogens with zero attached hydrogens (tertiary/aromatic N) is 3. The highest BCUT2D eigenvalue weighted by Crippen LogP contribution is 2.35. The number of nitro benzene ring substituents is 2. The second-order valence-corrected chi connectivity index (χ2v) is 4.86. The number of ether oxygens (including phenoxy) is 1. The Kier molecular flexibility index (Phi) is 3.56. The number of nitrogens with one attached hydrogen (secondary N) is 1. The number of nitro groups is 2. The van der Waals surface area contributed by atoms with E-state index >= 15 is 0 Å². The molecule has 2 aromatic heterocycles. The molecule has 3 rings (SSSR count). The van der Waals surface area contributed by atoms with E-state index in [0.717, 1.165) is 6.07 Å². The van der Waals surface area contributed by atoms with Gasteiger partial charge in [0.25, 0.3) is 11.4 Å². The molecule has 0 aliphatic heterocycles. The Morgan fingerprint density at radius 3 is 2.58 bits per heavy atom. The smallest absolute Gasteiger partial charge is 0.356 e. The summed E-state index contributed by atoms with van der Waals surface area (Å²) in [5, 5.41) is 22.9. The SMILES string of the molecule is CCOC(=O)c1cc2c(cn1)[nH]c1c([N+](=O)[O-])cc([N+](=O)[O-])cc12. The molecule has 0 saturated heterocycles. The fourth-order valence-corrected chi connectivity index (χ4v) is 2.43. The number of esters is 1. The van der Waals surface area contributed by atoms with Crippen molar-refractivity contribution in [3.63, 3.8) is 0 Å². The average Bonchev–Trinajstić information content (AvgIpc) is 2.91. The highest BCUT2D eigenvalue weighted by Gasteiger charge is 2.23. The molecule has 0 saturated carbocycles. The zero-order valence-corrected chi connectivity index (χ0v) is 12.3. The number of fused-ring (bicyclic) bond motifs is 3. The molecule has 0 spiro atoms. The molecule has 10 heteroatoms.